The van der Waals surface area contributed by atoms with Gasteiger partial charge in [0.15, 0.2) is 0 Å². The Balaban J connectivity index is 2.36. The number of hydrogen-bond acceptors (Lipinski definition) is 4. The number of benzene rings is 2. The Labute approximate surface area is 114 Å². The lowest BCUT2D eigenvalue weighted by atomic mass is 10.1. The Hall–Kier alpha value is -2.47. The number of halogens is 1. The van der Waals surface area contributed by atoms with Gasteiger partial charge in [-0.15, -0.1) is 0 Å². The average molecular weight is 277 g/mol. The van der Waals surface area contributed by atoms with Crippen LogP contribution >= 0.6 is 0 Å². The molecule has 0 saturated carbocycles. The van der Waals surface area contributed by atoms with Crippen LogP contribution in [0.4, 0.5) is 10.1 Å². The smallest absolute Gasteiger partial charge is 0.311 e. The molecule has 0 heterocycles. The molecule has 0 aliphatic heterocycles. The van der Waals surface area contributed by atoms with Crippen LogP contribution in [0.15, 0.2) is 36.4 Å². The summed E-state index contributed by atoms with van der Waals surface area (Å²) in [6.07, 6.45) is 0. The summed E-state index contributed by atoms with van der Waals surface area (Å²) < 4.78 is 18.5. The van der Waals surface area contributed by atoms with Crippen molar-refractivity contribution in [2.45, 2.75) is 13.5 Å². The Kier molecular flexibility index (Phi) is 3.95. The molecule has 0 bridgehead atoms. The lowest BCUT2D eigenvalue weighted by molar-refractivity contribution is -0.385. The molecule has 2 rings (SSSR count). The predicted molar refractivity (Wildman–Crippen MR) is 70.2 cm³/mol. The fraction of sp³-hybridized carbons (Fsp3) is 0.143. The third-order valence-corrected chi connectivity index (χ3v) is 2.83. The monoisotopic (exact) mass is 277 g/mol. The predicted octanol–water partition coefficient (Wildman–Crippen LogP) is 3.33. The SMILES string of the molecule is Cc1cc(Oc2cc(F)ccc2[N+](=O)[O-])ccc1CO. The minimum Gasteiger partial charge on any atom is -0.450 e. The van der Waals surface area contributed by atoms with Gasteiger partial charge in [-0.05, 0) is 36.2 Å². The van der Waals surface area contributed by atoms with Crippen molar-refractivity contribution in [3.8, 4) is 11.5 Å². The highest BCUT2D eigenvalue weighted by atomic mass is 19.1. The Morgan fingerprint density at radius 2 is 2.05 bits per heavy atom. The van der Waals surface area contributed by atoms with Crippen molar-refractivity contribution in [1.29, 1.82) is 0 Å². The molecule has 0 saturated heterocycles. The number of nitro benzene ring substituents is 1. The average Bonchev–Trinajstić information content (AvgIpc) is 2.38. The lowest BCUT2D eigenvalue weighted by Gasteiger charge is -2.09. The van der Waals surface area contributed by atoms with Gasteiger partial charge in [0.05, 0.1) is 11.5 Å². The molecule has 0 fully saturated rings. The van der Waals surface area contributed by atoms with Crippen molar-refractivity contribution in [3.05, 3.63) is 63.5 Å². The van der Waals surface area contributed by atoms with Crippen LogP contribution in [0.25, 0.3) is 0 Å². The molecule has 104 valence electrons. The van der Waals surface area contributed by atoms with Gasteiger partial charge in [0, 0.05) is 12.1 Å². The molecule has 0 radical (unpaired) electrons. The molecular weight excluding hydrogens is 265 g/mol. The van der Waals surface area contributed by atoms with Crippen molar-refractivity contribution < 1.29 is 19.2 Å². The first kappa shape index (κ1) is 14.0. The van der Waals surface area contributed by atoms with Crippen molar-refractivity contribution in [2.24, 2.45) is 0 Å². The van der Waals surface area contributed by atoms with Crippen LogP contribution in [-0.2, 0) is 6.61 Å². The molecule has 0 aliphatic carbocycles. The number of rotatable bonds is 4. The van der Waals surface area contributed by atoms with Crippen molar-refractivity contribution >= 4 is 5.69 Å². The first-order chi connectivity index (χ1) is 9.51. The molecule has 6 heteroatoms. The van der Waals surface area contributed by atoms with Gasteiger partial charge in [0.2, 0.25) is 5.75 Å². The van der Waals surface area contributed by atoms with E-state index in [9.17, 15) is 14.5 Å². The fourth-order valence-corrected chi connectivity index (χ4v) is 1.76. The molecule has 0 unspecified atom stereocenters. The van der Waals surface area contributed by atoms with Gasteiger partial charge >= 0.3 is 5.69 Å². The third kappa shape index (κ3) is 2.92. The summed E-state index contributed by atoms with van der Waals surface area (Å²) in [5.74, 6) is -0.436. The number of aryl methyl sites for hydroxylation is 1. The second-order valence-corrected chi connectivity index (χ2v) is 4.22. The summed E-state index contributed by atoms with van der Waals surface area (Å²) in [6, 6.07) is 7.86. The minimum absolute atomic E-state index is 0.105. The lowest BCUT2D eigenvalue weighted by Crippen LogP contribution is -1.95. The van der Waals surface area contributed by atoms with Gasteiger partial charge in [-0.1, -0.05) is 6.07 Å². The Bertz CT molecular complexity index is 658. The zero-order valence-corrected chi connectivity index (χ0v) is 10.7. The van der Waals surface area contributed by atoms with Crippen LogP contribution in [0, 0.1) is 22.9 Å². The van der Waals surface area contributed by atoms with Crippen molar-refractivity contribution in [2.75, 3.05) is 0 Å². The van der Waals surface area contributed by atoms with E-state index in [2.05, 4.69) is 0 Å². The molecule has 0 spiro atoms. The molecule has 2 aromatic rings. The second kappa shape index (κ2) is 5.66. The van der Waals surface area contributed by atoms with Gasteiger partial charge in [-0.25, -0.2) is 4.39 Å². The van der Waals surface area contributed by atoms with Gasteiger partial charge < -0.3 is 9.84 Å². The topological polar surface area (TPSA) is 72.6 Å². The van der Waals surface area contributed by atoms with Crippen LogP contribution < -0.4 is 4.74 Å². The van der Waals surface area contributed by atoms with E-state index in [-0.39, 0.29) is 18.0 Å². The molecular formula is C14H12FNO4. The number of nitrogens with zero attached hydrogens (tertiary/aromatic N) is 1. The van der Waals surface area contributed by atoms with E-state index in [0.29, 0.717) is 5.75 Å². The van der Waals surface area contributed by atoms with Crippen LogP contribution in [-0.4, -0.2) is 10.0 Å². The normalized spacial score (nSPS) is 10.3. The highest BCUT2D eigenvalue weighted by Gasteiger charge is 2.16. The molecule has 0 aliphatic rings. The first-order valence-corrected chi connectivity index (χ1v) is 5.83. The first-order valence-electron chi connectivity index (χ1n) is 5.83. The summed E-state index contributed by atoms with van der Waals surface area (Å²) in [5.41, 5.74) is 1.20. The minimum atomic E-state index is -0.635. The third-order valence-electron chi connectivity index (χ3n) is 2.83. The molecule has 2 aromatic carbocycles. The highest BCUT2D eigenvalue weighted by Crippen LogP contribution is 2.32. The summed E-state index contributed by atoms with van der Waals surface area (Å²) in [5, 5.41) is 19.9. The van der Waals surface area contributed by atoms with E-state index in [0.717, 1.165) is 29.3 Å². The zero-order chi connectivity index (χ0) is 14.7. The molecule has 0 atom stereocenters. The van der Waals surface area contributed by atoms with Gasteiger partial charge in [-0.2, -0.15) is 0 Å². The number of aliphatic hydroxyl groups is 1. The molecule has 0 amide bonds. The summed E-state index contributed by atoms with van der Waals surface area (Å²) in [4.78, 5) is 10.2. The molecule has 20 heavy (non-hydrogen) atoms. The van der Waals surface area contributed by atoms with Crippen LogP contribution in [0.3, 0.4) is 0 Å². The van der Waals surface area contributed by atoms with E-state index in [1.54, 1.807) is 25.1 Å². The Morgan fingerprint density at radius 1 is 1.30 bits per heavy atom. The quantitative estimate of drug-likeness (QED) is 0.687. The maximum atomic E-state index is 13.2. The van der Waals surface area contributed by atoms with E-state index < -0.39 is 10.7 Å². The van der Waals surface area contributed by atoms with E-state index in [4.69, 9.17) is 9.84 Å². The van der Waals surface area contributed by atoms with Gasteiger partial charge in [0.1, 0.15) is 11.6 Å². The zero-order valence-electron chi connectivity index (χ0n) is 10.7. The summed E-state index contributed by atoms with van der Waals surface area (Å²) >= 11 is 0. The molecule has 0 aromatic heterocycles. The maximum absolute atomic E-state index is 13.2. The largest absolute Gasteiger partial charge is 0.450 e. The van der Waals surface area contributed by atoms with E-state index in [1.165, 1.54) is 0 Å². The van der Waals surface area contributed by atoms with Crippen molar-refractivity contribution in [3.63, 3.8) is 0 Å². The maximum Gasteiger partial charge on any atom is 0.311 e. The van der Waals surface area contributed by atoms with E-state index in [1.807, 2.05) is 0 Å². The number of ether oxygens (including phenoxy) is 1. The van der Waals surface area contributed by atoms with Gasteiger partial charge in [-0.3, -0.25) is 10.1 Å². The van der Waals surface area contributed by atoms with E-state index >= 15 is 0 Å². The van der Waals surface area contributed by atoms with Crippen LogP contribution in [0.5, 0.6) is 11.5 Å². The standard InChI is InChI=1S/C14H12FNO4/c1-9-6-12(4-2-10(9)8-17)20-14-7-11(15)3-5-13(14)16(18)19/h2-7,17H,8H2,1H3. The number of aliphatic hydroxyl groups excluding tert-OH is 1. The van der Waals surface area contributed by atoms with Crippen LogP contribution in [0.2, 0.25) is 0 Å². The van der Waals surface area contributed by atoms with Crippen LogP contribution in [0.1, 0.15) is 11.1 Å². The molecule has 1 N–H and O–H groups in total. The fourth-order valence-electron chi connectivity index (χ4n) is 1.76. The number of nitro groups is 1. The van der Waals surface area contributed by atoms with Gasteiger partial charge in [0.25, 0.3) is 0 Å². The second-order valence-electron chi connectivity index (χ2n) is 4.22. The highest BCUT2D eigenvalue weighted by molar-refractivity contribution is 5.49. The summed E-state index contributed by atoms with van der Waals surface area (Å²) in [6.45, 7) is 1.67. The summed E-state index contributed by atoms with van der Waals surface area (Å²) in [7, 11) is 0. The number of hydrogen-bond donors (Lipinski definition) is 1. The van der Waals surface area contributed by atoms with Crippen molar-refractivity contribution in [1.82, 2.24) is 0 Å². The molecule has 5 nitrogen and oxygen atoms in total. The Morgan fingerprint density at radius 3 is 2.65 bits per heavy atom.